The van der Waals surface area contributed by atoms with Gasteiger partial charge in [-0.1, -0.05) is 66.2 Å². The molecule has 0 aliphatic carbocycles. The topological polar surface area (TPSA) is 87.7 Å². The van der Waals surface area contributed by atoms with Crippen LogP contribution in [-0.4, -0.2) is 31.8 Å². The summed E-state index contributed by atoms with van der Waals surface area (Å²) in [5.74, 6) is 1.25. The smallest absolute Gasteiger partial charge is 0.319 e. The maximum absolute atomic E-state index is 13.0. The van der Waals surface area contributed by atoms with Crippen LogP contribution in [0.15, 0.2) is 82.2 Å². The van der Waals surface area contributed by atoms with Crippen LogP contribution in [0.1, 0.15) is 50.3 Å². The van der Waals surface area contributed by atoms with Gasteiger partial charge in [-0.2, -0.15) is 4.31 Å². The Morgan fingerprint density at radius 1 is 1.03 bits per heavy atom. The Hall–Kier alpha value is -2.88. The maximum atomic E-state index is 13.0. The van der Waals surface area contributed by atoms with E-state index >= 15 is 0 Å². The molecule has 1 aliphatic heterocycles. The van der Waals surface area contributed by atoms with E-state index in [2.05, 4.69) is 33.5 Å². The number of hydrogen-bond donors (Lipinski definition) is 2. The number of rotatable bonds is 9. The second-order valence-electron chi connectivity index (χ2n) is 9.59. The van der Waals surface area contributed by atoms with Crippen LogP contribution in [0.5, 0.6) is 5.75 Å². The third-order valence-corrected chi connectivity index (χ3v) is 9.53. The molecule has 38 heavy (non-hydrogen) atoms. The van der Waals surface area contributed by atoms with Gasteiger partial charge >= 0.3 is 6.03 Å². The van der Waals surface area contributed by atoms with Gasteiger partial charge in [-0.05, 0) is 61.6 Å². The van der Waals surface area contributed by atoms with Gasteiger partial charge in [0, 0.05) is 34.4 Å². The molecule has 1 unspecified atom stereocenters. The van der Waals surface area contributed by atoms with Crippen molar-refractivity contribution >= 4 is 37.7 Å². The molecule has 0 aromatic heterocycles. The van der Waals surface area contributed by atoms with Crippen molar-refractivity contribution in [2.45, 2.75) is 50.7 Å². The number of carbonyl (C=O) groups is 1. The molecule has 9 heteroatoms. The number of ether oxygens (including phenoxy) is 1. The number of para-hydroxylation sites is 1. The number of urea groups is 1. The van der Waals surface area contributed by atoms with Gasteiger partial charge in [0.2, 0.25) is 10.0 Å². The van der Waals surface area contributed by atoms with E-state index in [1.165, 1.54) is 0 Å². The third-order valence-electron chi connectivity index (χ3n) is 6.84. The quantitative estimate of drug-likeness (QED) is 0.286. The summed E-state index contributed by atoms with van der Waals surface area (Å²) in [5.41, 5.74) is 2.43. The van der Waals surface area contributed by atoms with E-state index in [-0.39, 0.29) is 17.0 Å². The van der Waals surface area contributed by atoms with Gasteiger partial charge in [-0.25, -0.2) is 13.2 Å². The minimum absolute atomic E-state index is 0.237. The minimum atomic E-state index is -3.53. The van der Waals surface area contributed by atoms with Crippen molar-refractivity contribution in [3.8, 4) is 5.75 Å². The Labute approximate surface area is 233 Å². The second kappa shape index (κ2) is 12.8. The normalized spacial score (nSPS) is 15.6. The predicted molar refractivity (Wildman–Crippen MR) is 154 cm³/mol. The van der Waals surface area contributed by atoms with Crippen LogP contribution in [0.4, 0.5) is 10.5 Å². The summed E-state index contributed by atoms with van der Waals surface area (Å²) in [4.78, 5) is 13.1. The number of halogens is 1. The average Bonchev–Trinajstić information content (AvgIpc) is 2.92. The molecule has 1 atom stereocenters. The van der Waals surface area contributed by atoms with E-state index in [0.29, 0.717) is 43.5 Å². The van der Waals surface area contributed by atoms with Crippen molar-refractivity contribution in [2.24, 2.45) is 5.92 Å². The van der Waals surface area contributed by atoms with Gasteiger partial charge in [-0.15, -0.1) is 0 Å². The molecule has 0 bridgehead atoms. The van der Waals surface area contributed by atoms with Gasteiger partial charge in [0.25, 0.3) is 0 Å². The van der Waals surface area contributed by atoms with Crippen LogP contribution < -0.4 is 15.4 Å². The van der Waals surface area contributed by atoms with Gasteiger partial charge in [0.15, 0.2) is 0 Å². The Balaban J connectivity index is 1.39. The number of piperidine rings is 1. The molecule has 7 nitrogen and oxygen atoms in total. The van der Waals surface area contributed by atoms with Crippen molar-refractivity contribution in [1.82, 2.24) is 9.62 Å². The zero-order chi connectivity index (χ0) is 27.1. The third kappa shape index (κ3) is 6.95. The van der Waals surface area contributed by atoms with E-state index in [9.17, 15) is 13.2 Å². The lowest BCUT2D eigenvalue weighted by Gasteiger charge is -2.29. The molecule has 2 N–H and O–H groups in total. The zero-order valence-electron chi connectivity index (χ0n) is 21.7. The number of amides is 2. The van der Waals surface area contributed by atoms with E-state index in [0.717, 1.165) is 28.4 Å². The molecule has 4 rings (SSSR count). The molecule has 0 spiro atoms. The standard InChI is InChI=1S/C29H34BrN3O4S/c1-3-27(25-9-5-7-11-28(25)37-20-22-8-4-6-10-26(22)30)32-29(34)31-23-12-14-24(15-13-23)38(35,36)33-18-16-21(2)17-19-33/h4-15,21,27H,3,16-20H2,1-2H3,(H2,31,32,34). The van der Waals surface area contributed by atoms with Gasteiger partial charge < -0.3 is 15.4 Å². The molecule has 2 amide bonds. The number of hydrogen-bond acceptors (Lipinski definition) is 4. The highest BCUT2D eigenvalue weighted by atomic mass is 79.9. The Bertz CT molecular complexity index is 1340. The predicted octanol–water partition coefficient (Wildman–Crippen LogP) is 6.72. The second-order valence-corrected chi connectivity index (χ2v) is 12.4. The monoisotopic (exact) mass is 599 g/mol. The number of nitrogens with zero attached hydrogens (tertiary/aromatic N) is 1. The first kappa shape index (κ1) is 28.1. The van der Waals surface area contributed by atoms with E-state index in [1.807, 2.05) is 55.5 Å². The van der Waals surface area contributed by atoms with E-state index in [4.69, 9.17) is 4.74 Å². The largest absolute Gasteiger partial charge is 0.489 e. The summed E-state index contributed by atoms with van der Waals surface area (Å²) in [5, 5.41) is 5.84. The molecule has 1 saturated heterocycles. The highest BCUT2D eigenvalue weighted by Gasteiger charge is 2.28. The molecule has 1 fully saturated rings. The molecule has 1 aliphatic rings. The Kier molecular flexibility index (Phi) is 9.46. The lowest BCUT2D eigenvalue weighted by atomic mass is 10.0. The van der Waals surface area contributed by atoms with E-state index < -0.39 is 10.0 Å². The lowest BCUT2D eigenvalue weighted by Crippen LogP contribution is -2.37. The number of carbonyl (C=O) groups excluding carboxylic acids is 1. The van der Waals surface area contributed by atoms with Gasteiger partial charge in [0.05, 0.1) is 10.9 Å². The minimum Gasteiger partial charge on any atom is -0.489 e. The number of anilines is 1. The molecule has 0 radical (unpaired) electrons. The van der Waals surface area contributed by atoms with Gasteiger partial charge in [-0.3, -0.25) is 0 Å². The van der Waals surface area contributed by atoms with Crippen LogP contribution in [0.25, 0.3) is 0 Å². The molecule has 1 heterocycles. The molecule has 202 valence electrons. The summed E-state index contributed by atoms with van der Waals surface area (Å²) in [6.07, 6.45) is 2.40. The van der Waals surface area contributed by atoms with Crippen molar-refractivity contribution < 1.29 is 17.9 Å². The van der Waals surface area contributed by atoms with Crippen LogP contribution in [0.2, 0.25) is 0 Å². The maximum Gasteiger partial charge on any atom is 0.319 e. The molecular weight excluding hydrogens is 566 g/mol. The molecule has 0 saturated carbocycles. The molecular formula is C29H34BrN3O4S. The molecule has 3 aromatic carbocycles. The number of sulfonamides is 1. The van der Waals surface area contributed by atoms with Crippen molar-refractivity contribution in [1.29, 1.82) is 0 Å². The van der Waals surface area contributed by atoms with Crippen molar-refractivity contribution in [3.05, 3.63) is 88.4 Å². The first-order chi connectivity index (χ1) is 18.3. The summed E-state index contributed by atoms with van der Waals surface area (Å²) >= 11 is 3.55. The summed E-state index contributed by atoms with van der Waals surface area (Å²) in [6.45, 7) is 5.62. The Morgan fingerprint density at radius 2 is 1.68 bits per heavy atom. The average molecular weight is 601 g/mol. The highest BCUT2D eigenvalue weighted by Crippen LogP contribution is 2.29. The first-order valence-electron chi connectivity index (χ1n) is 12.9. The number of benzene rings is 3. The zero-order valence-corrected chi connectivity index (χ0v) is 24.1. The van der Waals surface area contributed by atoms with Crippen LogP contribution in [0, 0.1) is 5.92 Å². The fraction of sp³-hybridized carbons (Fsp3) is 0.345. The highest BCUT2D eigenvalue weighted by molar-refractivity contribution is 9.10. The summed E-state index contributed by atoms with van der Waals surface area (Å²) in [7, 11) is -3.53. The first-order valence-corrected chi connectivity index (χ1v) is 15.1. The van der Waals surface area contributed by atoms with Crippen molar-refractivity contribution in [3.63, 3.8) is 0 Å². The lowest BCUT2D eigenvalue weighted by molar-refractivity contribution is 0.247. The fourth-order valence-electron chi connectivity index (χ4n) is 4.48. The van der Waals surface area contributed by atoms with Crippen LogP contribution in [-0.2, 0) is 16.6 Å². The Morgan fingerprint density at radius 3 is 2.37 bits per heavy atom. The van der Waals surface area contributed by atoms with Crippen LogP contribution in [0.3, 0.4) is 0 Å². The summed E-state index contributed by atoms with van der Waals surface area (Å²) in [6, 6.07) is 21.3. The SMILES string of the molecule is CCC(NC(=O)Nc1ccc(S(=O)(=O)N2CCC(C)CC2)cc1)c1ccccc1OCc1ccccc1Br. The molecule has 3 aromatic rings. The summed E-state index contributed by atoms with van der Waals surface area (Å²) < 4.78 is 34.6. The van der Waals surface area contributed by atoms with E-state index in [1.54, 1.807) is 28.6 Å². The van der Waals surface area contributed by atoms with Crippen LogP contribution >= 0.6 is 15.9 Å². The fourth-order valence-corrected chi connectivity index (χ4v) is 6.35. The van der Waals surface area contributed by atoms with Crippen molar-refractivity contribution in [2.75, 3.05) is 18.4 Å². The number of nitrogens with one attached hydrogen (secondary N) is 2. The van der Waals surface area contributed by atoms with Gasteiger partial charge in [0.1, 0.15) is 12.4 Å².